The fourth-order valence-electron chi connectivity index (χ4n) is 2.01. The Kier molecular flexibility index (Phi) is 5.52. The summed E-state index contributed by atoms with van der Waals surface area (Å²) in [6, 6.07) is 12.1. The van der Waals surface area contributed by atoms with E-state index >= 15 is 0 Å². The first-order valence-electron chi connectivity index (χ1n) is 6.55. The van der Waals surface area contributed by atoms with Crippen LogP contribution in [0.5, 0.6) is 0 Å². The van der Waals surface area contributed by atoms with E-state index in [0.29, 0.717) is 0 Å². The number of halogens is 2. The minimum atomic E-state index is -3.93. The molecule has 2 rings (SSSR count). The lowest BCUT2D eigenvalue weighted by atomic mass is 10.2. The Morgan fingerprint density at radius 3 is 2.41 bits per heavy atom. The highest BCUT2D eigenvalue weighted by molar-refractivity contribution is 7.89. The van der Waals surface area contributed by atoms with Crippen LogP contribution in [-0.4, -0.2) is 31.0 Å². The predicted molar refractivity (Wildman–Crippen MR) is 82.5 cm³/mol. The topological polar surface area (TPSA) is 57.6 Å². The van der Waals surface area contributed by atoms with Crippen LogP contribution in [0.15, 0.2) is 53.4 Å². The number of benzene rings is 2. The smallest absolute Gasteiger partial charge is 0.244 e. The highest BCUT2D eigenvalue weighted by Gasteiger charge is 2.26. The first-order chi connectivity index (χ1) is 10.4. The molecule has 0 aliphatic rings. The van der Waals surface area contributed by atoms with Gasteiger partial charge in [-0.1, -0.05) is 41.9 Å². The molecule has 2 aromatic carbocycles. The Labute approximate surface area is 133 Å². The molecule has 118 valence electrons. The van der Waals surface area contributed by atoms with Gasteiger partial charge in [-0.05, 0) is 23.8 Å². The van der Waals surface area contributed by atoms with Crippen molar-refractivity contribution in [1.82, 2.24) is 4.31 Å². The summed E-state index contributed by atoms with van der Waals surface area (Å²) < 4.78 is 39.5. The minimum Gasteiger partial charge on any atom is -0.395 e. The van der Waals surface area contributed by atoms with Crippen molar-refractivity contribution in [2.75, 3.05) is 13.2 Å². The maximum absolute atomic E-state index is 13.1. The molecule has 0 heterocycles. The molecule has 0 aromatic heterocycles. The normalized spacial score (nSPS) is 11.8. The van der Waals surface area contributed by atoms with Gasteiger partial charge >= 0.3 is 0 Å². The molecular formula is C15H15ClFNO3S. The fraction of sp³-hybridized carbons (Fsp3) is 0.200. The van der Waals surface area contributed by atoms with E-state index in [4.69, 9.17) is 16.7 Å². The molecule has 0 spiro atoms. The van der Waals surface area contributed by atoms with Crippen molar-refractivity contribution >= 4 is 21.6 Å². The van der Waals surface area contributed by atoms with Crippen LogP contribution in [-0.2, 0) is 16.6 Å². The van der Waals surface area contributed by atoms with Crippen LogP contribution >= 0.6 is 11.6 Å². The number of hydrogen-bond donors (Lipinski definition) is 1. The molecule has 0 amide bonds. The number of aliphatic hydroxyl groups is 1. The van der Waals surface area contributed by atoms with Crippen molar-refractivity contribution in [3.63, 3.8) is 0 Å². The Morgan fingerprint density at radius 1 is 1.14 bits per heavy atom. The fourth-order valence-corrected chi connectivity index (χ4v) is 3.93. The molecule has 0 atom stereocenters. The summed E-state index contributed by atoms with van der Waals surface area (Å²) in [6.45, 7) is -0.312. The first-order valence-corrected chi connectivity index (χ1v) is 8.37. The molecule has 2 aromatic rings. The Balaban J connectivity index is 2.37. The highest BCUT2D eigenvalue weighted by Crippen LogP contribution is 2.26. The lowest BCUT2D eigenvalue weighted by Gasteiger charge is -2.22. The van der Waals surface area contributed by atoms with Crippen LogP contribution in [0.4, 0.5) is 4.39 Å². The largest absolute Gasteiger partial charge is 0.395 e. The molecule has 0 saturated carbocycles. The van der Waals surface area contributed by atoms with Crippen LogP contribution < -0.4 is 0 Å². The molecular weight excluding hydrogens is 329 g/mol. The summed E-state index contributed by atoms with van der Waals surface area (Å²) in [7, 11) is -3.93. The van der Waals surface area contributed by atoms with Gasteiger partial charge in [-0.25, -0.2) is 12.8 Å². The zero-order valence-electron chi connectivity index (χ0n) is 11.6. The Morgan fingerprint density at radius 2 is 1.82 bits per heavy atom. The standard InChI is InChI=1S/C15H15ClFNO3S/c16-14-10-13(17)6-7-15(14)22(20,21)18(8-9-19)11-12-4-2-1-3-5-12/h1-7,10,19H,8-9,11H2. The van der Waals surface area contributed by atoms with Crippen molar-refractivity contribution in [2.24, 2.45) is 0 Å². The van der Waals surface area contributed by atoms with Crippen molar-refractivity contribution in [1.29, 1.82) is 0 Å². The quantitative estimate of drug-likeness (QED) is 0.877. The lowest BCUT2D eigenvalue weighted by Crippen LogP contribution is -2.33. The Bertz CT molecular complexity index is 738. The number of aliphatic hydroxyl groups excluding tert-OH is 1. The molecule has 0 bridgehead atoms. The van der Waals surface area contributed by atoms with E-state index in [1.165, 1.54) is 0 Å². The lowest BCUT2D eigenvalue weighted by molar-refractivity contribution is 0.251. The van der Waals surface area contributed by atoms with Gasteiger partial charge in [0.05, 0.1) is 11.6 Å². The van der Waals surface area contributed by atoms with Crippen molar-refractivity contribution in [3.8, 4) is 0 Å². The average molecular weight is 344 g/mol. The molecule has 7 heteroatoms. The number of nitrogens with zero attached hydrogens (tertiary/aromatic N) is 1. The van der Waals surface area contributed by atoms with Crippen LogP contribution in [0.3, 0.4) is 0 Å². The summed E-state index contributed by atoms with van der Waals surface area (Å²) in [6.07, 6.45) is 0. The maximum Gasteiger partial charge on any atom is 0.244 e. The van der Waals surface area contributed by atoms with Crippen LogP contribution in [0.25, 0.3) is 0 Å². The van der Waals surface area contributed by atoms with Gasteiger partial charge in [-0.2, -0.15) is 4.31 Å². The number of sulfonamides is 1. The van der Waals surface area contributed by atoms with Gasteiger partial charge in [0.15, 0.2) is 0 Å². The molecule has 1 N–H and O–H groups in total. The summed E-state index contributed by atoms with van der Waals surface area (Å²) in [4.78, 5) is -0.181. The number of rotatable bonds is 6. The van der Waals surface area contributed by atoms with Crippen molar-refractivity contribution < 1.29 is 17.9 Å². The summed E-state index contributed by atoms with van der Waals surface area (Å²) in [5.41, 5.74) is 0.776. The average Bonchev–Trinajstić information content (AvgIpc) is 2.47. The SMILES string of the molecule is O=S(=O)(c1ccc(F)cc1Cl)N(CCO)Cc1ccccc1. The summed E-state index contributed by atoms with van der Waals surface area (Å²) in [5.74, 6) is -0.610. The van der Waals surface area contributed by atoms with E-state index in [9.17, 15) is 12.8 Å². The van der Waals surface area contributed by atoms with Crippen LogP contribution in [0, 0.1) is 5.82 Å². The molecule has 0 fully saturated rings. The third-order valence-corrected chi connectivity index (χ3v) is 5.39. The third kappa shape index (κ3) is 3.84. The van der Waals surface area contributed by atoms with Gasteiger partial charge in [0, 0.05) is 13.1 Å². The van der Waals surface area contributed by atoms with Crippen molar-refractivity contribution in [3.05, 3.63) is 64.9 Å². The van der Waals surface area contributed by atoms with E-state index in [1.807, 2.05) is 6.07 Å². The second kappa shape index (κ2) is 7.19. The van der Waals surface area contributed by atoms with Gasteiger partial charge in [-0.3, -0.25) is 0 Å². The van der Waals surface area contributed by atoms with Crippen LogP contribution in [0.2, 0.25) is 5.02 Å². The molecule has 0 aliphatic heterocycles. The zero-order chi connectivity index (χ0) is 16.2. The minimum absolute atomic E-state index is 0.0784. The van der Waals surface area contributed by atoms with Gasteiger partial charge in [-0.15, -0.1) is 0 Å². The summed E-state index contributed by atoms with van der Waals surface area (Å²) >= 11 is 5.85. The van der Waals surface area contributed by atoms with Gasteiger partial charge < -0.3 is 5.11 Å². The van der Waals surface area contributed by atoms with Crippen LogP contribution in [0.1, 0.15) is 5.56 Å². The van der Waals surface area contributed by atoms with Gasteiger partial charge in [0.1, 0.15) is 10.7 Å². The van der Waals surface area contributed by atoms with Gasteiger partial charge in [0.25, 0.3) is 0 Å². The van der Waals surface area contributed by atoms with E-state index < -0.39 is 15.8 Å². The van der Waals surface area contributed by atoms with E-state index in [2.05, 4.69) is 0 Å². The second-order valence-corrected chi connectivity index (χ2v) is 6.94. The summed E-state index contributed by atoms with van der Waals surface area (Å²) in [5, 5.41) is 8.95. The second-order valence-electron chi connectivity index (χ2n) is 4.62. The van der Waals surface area contributed by atoms with Crippen molar-refractivity contribution in [2.45, 2.75) is 11.4 Å². The monoisotopic (exact) mass is 343 g/mol. The van der Waals surface area contributed by atoms with Gasteiger partial charge in [0.2, 0.25) is 10.0 Å². The molecule has 0 saturated heterocycles. The molecule has 0 radical (unpaired) electrons. The maximum atomic E-state index is 13.1. The molecule has 4 nitrogen and oxygen atoms in total. The Hall–Kier alpha value is -1.47. The number of hydrogen-bond acceptors (Lipinski definition) is 3. The van der Waals surface area contributed by atoms with E-state index in [0.717, 1.165) is 28.1 Å². The highest BCUT2D eigenvalue weighted by atomic mass is 35.5. The van der Waals surface area contributed by atoms with E-state index in [1.54, 1.807) is 24.3 Å². The molecule has 22 heavy (non-hydrogen) atoms. The first kappa shape index (κ1) is 16.9. The molecule has 0 aliphatic carbocycles. The zero-order valence-corrected chi connectivity index (χ0v) is 13.2. The predicted octanol–water partition coefficient (Wildman–Crippen LogP) is 2.66. The molecule has 0 unspecified atom stereocenters. The van der Waals surface area contributed by atoms with E-state index in [-0.39, 0.29) is 29.6 Å². The third-order valence-electron chi connectivity index (χ3n) is 3.06.